The minimum Gasteiger partial charge on any atom is -0.462 e. The topological polar surface area (TPSA) is 152 Å². The van der Waals surface area contributed by atoms with E-state index in [1.807, 2.05) is 6.92 Å². The van der Waals surface area contributed by atoms with Gasteiger partial charge in [-0.05, 0) is 51.4 Å². The van der Waals surface area contributed by atoms with Gasteiger partial charge in [0.25, 0.3) is 0 Å². The minimum absolute atomic E-state index is 0.174. The molecule has 10 nitrogen and oxygen atoms in total. The first kappa shape index (κ1) is 37.7. The first-order valence-electron chi connectivity index (χ1n) is 15.2. The van der Waals surface area contributed by atoms with Gasteiger partial charge >= 0.3 is 11.9 Å². The van der Waals surface area contributed by atoms with Crippen LogP contribution in [0.3, 0.4) is 0 Å². The van der Waals surface area contributed by atoms with Crippen LogP contribution < -0.4 is 0 Å². The van der Waals surface area contributed by atoms with Gasteiger partial charge in [0.05, 0.1) is 13.2 Å². The fraction of sp³-hybridized carbons (Fsp3) is 0.688. The Morgan fingerprint density at radius 2 is 1.38 bits per heavy atom. The highest BCUT2D eigenvalue weighted by molar-refractivity contribution is 5.70. The van der Waals surface area contributed by atoms with Crippen molar-refractivity contribution in [3.8, 4) is 0 Å². The van der Waals surface area contributed by atoms with Crippen molar-refractivity contribution < 1.29 is 49.0 Å². The Bertz CT molecular complexity index is 835. The Kier molecular flexibility index (Phi) is 21.7. The molecule has 0 saturated carbocycles. The zero-order valence-electron chi connectivity index (χ0n) is 25.2. The minimum atomic E-state index is -1.60. The maximum absolute atomic E-state index is 12.5. The molecule has 0 bridgehead atoms. The fourth-order valence-electron chi connectivity index (χ4n) is 3.98. The Morgan fingerprint density at radius 3 is 2.00 bits per heavy atom. The summed E-state index contributed by atoms with van der Waals surface area (Å²) in [7, 11) is 0. The average molecular weight is 597 g/mol. The van der Waals surface area contributed by atoms with Crippen LogP contribution in [0, 0.1) is 0 Å². The SMILES string of the molecule is CC/C=C\C/C=C\C/C=C\C/C=C\CCCCC(=O)OC(COC(=O)CCCC)COC1OC(CO)C(O)C(O)C1O. The zero-order valence-corrected chi connectivity index (χ0v) is 25.2. The van der Waals surface area contributed by atoms with E-state index in [9.17, 15) is 30.0 Å². The lowest BCUT2D eigenvalue weighted by molar-refractivity contribution is -0.305. The Labute approximate surface area is 250 Å². The molecular weight excluding hydrogens is 544 g/mol. The molecule has 10 heteroatoms. The smallest absolute Gasteiger partial charge is 0.306 e. The molecule has 42 heavy (non-hydrogen) atoms. The van der Waals surface area contributed by atoms with Crippen LogP contribution in [0.1, 0.15) is 84.5 Å². The van der Waals surface area contributed by atoms with E-state index in [1.54, 1.807) is 0 Å². The maximum atomic E-state index is 12.5. The lowest BCUT2D eigenvalue weighted by Crippen LogP contribution is -2.59. The van der Waals surface area contributed by atoms with Gasteiger partial charge in [-0.15, -0.1) is 0 Å². The van der Waals surface area contributed by atoms with Gasteiger partial charge in [-0.2, -0.15) is 0 Å². The third-order valence-corrected chi connectivity index (χ3v) is 6.48. The summed E-state index contributed by atoms with van der Waals surface area (Å²) in [5.41, 5.74) is 0. The van der Waals surface area contributed by atoms with Crippen molar-refractivity contribution in [2.45, 2.75) is 121 Å². The number of carbonyl (C=O) groups is 2. The quantitative estimate of drug-likeness (QED) is 0.0825. The molecule has 0 aromatic heterocycles. The van der Waals surface area contributed by atoms with Gasteiger partial charge in [0.2, 0.25) is 0 Å². The van der Waals surface area contributed by atoms with Crippen molar-refractivity contribution >= 4 is 11.9 Å². The molecule has 6 atom stereocenters. The van der Waals surface area contributed by atoms with Gasteiger partial charge in [-0.1, -0.05) is 68.9 Å². The van der Waals surface area contributed by atoms with E-state index in [1.165, 1.54) is 0 Å². The fourth-order valence-corrected chi connectivity index (χ4v) is 3.98. The Hall–Kier alpha value is -2.34. The number of carbonyl (C=O) groups excluding carboxylic acids is 2. The summed E-state index contributed by atoms with van der Waals surface area (Å²) >= 11 is 0. The van der Waals surface area contributed by atoms with E-state index in [0.717, 1.165) is 44.9 Å². The summed E-state index contributed by atoms with van der Waals surface area (Å²) < 4.78 is 21.6. The number of rotatable bonds is 22. The van der Waals surface area contributed by atoms with E-state index in [4.69, 9.17) is 18.9 Å². The van der Waals surface area contributed by atoms with Crippen LogP contribution >= 0.6 is 0 Å². The van der Waals surface area contributed by atoms with Crippen molar-refractivity contribution in [2.75, 3.05) is 19.8 Å². The molecule has 240 valence electrons. The molecule has 1 saturated heterocycles. The predicted molar refractivity (Wildman–Crippen MR) is 159 cm³/mol. The molecule has 0 spiro atoms. The lowest BCUT2D eigenvalue weighted by atomic mass is 9.99. The molecule has 0 aliphatic carbocycles. The van der Waals surface area contributed by atoms with Gasteiger partial charge in [-0.3, -0.25) is 9.59 Å². The molecule has 6 unspecified atom stereocenters. The third kappa shape index (κ3) is 16.9. The van der Waals surface area contributed by atoms with Gasteiger partial charge in [0, 0.05) is 12.8 Å². The van der Waals surface area contributed by atoms with Crippen LogP contribution in [-0.4, -0.2) is 89.0 Å². The van der Waals surface area contributed by atoms with E-state index < -0.39 is 55.4 Å². The highest BCUT2D eigenvalue weighted by Gasteiger charge is 2.44. The second-order valence-corrected chi connectivity index (χ2v) is 10.2. The number of unbranched alkanes of at least 4 members (excludes halogenated alkanes) is 3. The van der Waals surface area contributed by atoms with E-state index in [0.29, 0.717) is 12.8 Å². The molecule has 4 N–H and O–H groups in total. The first-order valence-corrected chi connectivity index (χ1v) is 15.2. The van der Waals surface area contributed by atoms with Gasteiger partial charge in [-0.25, -0.2) is 0 Å². The maximum Gasteiger partial charge on any atom is 0.306 e. The predicted octanol–water partition coefficient (Wildman–Crippen LogP) is 3.81. The molecule has 0 amide bonds. The van der Waals surface area contributed by atoms with Crippen LogP contribution in [0.2, 0.25) is 0 Å². The van der Waals surface area contributed by atoms with E-state index >= 15 is 0 Å². The summed E-state index contributed by atoms with van der Waals surface area (Å²) in [4.78, 5) is 24.4. The summed E-state index contributed by atoms with van der Waals surface area (Å²) in [5.74, 6) is -0.907. The molecule has 1 heterocycles. The molecule has 0 radical (unpaired) electrons. The molecule has 0 aromatic rings. The van der Waals surface area contributed by atoms with Crippen molar-refractivity contribution in [1.29, 1.82) is 0 Å². The molecular formula is C32H52O10. The monoisotopic (exact) mass is 596 g/mol. The van der Waals surface area contributed by atoms with Crippen LogP contribution in [0.15, 0.2) is 48.6 Å². The second kappa shape index (κ2) is 24.1. The first-order chi connectivity index (χ1) is 20.3. The van der Waals surface area contributed by atoms with Crippen molar-refractivity contribution in [1.82, 2.24) is 0 Å². The highest BCUT2D eigenvalue weighted by atomic mass is 16.7. The van der Waals surface area contributed by atoms with Crippen molar-refractivity contribution in [3.05, 3.63) is 48.6 Å². The summed E-state index contributed by atoms with van der Waals surface area (Å²) in [5, 5.41) is 39.4. The number of allylic oxidation sites excluding steroid dienone is 8. The Balaban J connectivity index is 2.42. The van der Waals surface area contributed by atoms with Crippen molar-refractivity contribution in [2.24, 2.45) is 0 Å². The summed E-state index contributed by atoms with van der Waals surface area (Å²) in [6, 6.07) is 0. The summed E-state index contributed by atoms with van der Waals surface area (Å²) in [6.07, 6.45) is 16.9. The van der Waals surface area contributed by atoms with Crippen LogP contribution in [-0.2, 0) is 28.5 Å². The van der Waals surface area contributed by atoms with Gasteiger partial charge in [0.1, 0.15) is 31.0 Å². The van der Waals surface area contributed by atoms with E-state index in [-0.39, 0.29) is 26.1 Å². The highest BCUT2D eigenvalue weighted by Crippen LogP contribution is 2.22. The standard InChI is InChI=1S/C32H52O10/c1-3-5-7-8-9-10-11-12-13-14-15-16-17-18-19-21-28(35)41-25(23-39-27(34)20-6-4-2)24-40-32-31(38)30(37)29(36)26(22-33)42-32/h5,7,9-10,12-13,15-16,25-26,29-33,36-38H,3-4,6,8,11,14,17-24H2,1-2H3/b7-5-,10-9-,13-12-,16-15-. The zero-order chi connectivity index (χ0) is 31.0. The van der Waals surface area contributed by atoms with Crippen LogP contribution in [0.4, 0.5) is 0 Å². The van der Waals surface area contributed by atoms with Gasteiger partial charge < -0.3 is 39.4 Å². The molecule has 0 aromatic carbocycles. The summed E-state index contributed by atoms with van der Waals surface area (Å²) in [6.45, 7) is 2.94. The molecule has 1 aliphatic heterocycles. The van der Waals surface area contributed by atoms with Crippen molar-refractivity contribution in [3.63, 3.8) is 0 Å². The molecule has 1 rings (SSSR count). The normalized spacial score (nSPS) is 23.8. The van der Waals surface area contributed by atoms with Crippen LogP contribution in [0.25, 0.3) is 0 Å². The van der Waals surface area contributed by atoms with Gasteiger partial charge in [0.15, 0.2) is 12.4 Å². The lowest BCUT2D eigenvalue weighted by Gasteiger charge is -2.39. The van der Waals surface area contributed by atoms with E-state index in [2.05, 4.69) is 55.5 Å². The average Bonchev–Trinajstić information content (AvgIpc) is 2.98. The number of aliphatic hydroxyl groups is 4. The van der Waals surface area contributed by atoms with Crippen LogP contribution in [0.5, 0.6) is 0 Å². The largest absolute Gasteiger partial charge is 0.462 e. The number of aliphatic hydroxyl groups excluding tert-OH is 4. The number of hydrogen-bond donors (Lipinski definition) is 4. The molecule has 1 aliphatic rings. The second-order valence-electron chi connectivity index (χ2n) is 10.2. The Morgan fingerprint density at radius 1 is 0.762 bits per heavy atom. The third-order valence-electron chi connectivity index (χ3n) is 6.48. The number of hydrogen-bond acceptors (Lipinski definition) is 10. The number of esters is 2. The molecule has 1 fully saturated rings. The number of ether oxygens (including phenoxy) is 4.